The molecule has 6 nitrogen and oxygen atoms in total. The minimum Gasteiger partial charge on any atom is -0.449 e. The van der Waals surface area contributed by atoms with Crippen LogP contribution in [0.5, 0.6) is 0 Å². The van der Waals surface area contributed by atoms with Gasteiger partial charge in [0, 0.05) is 12.6 Å². The third-order valence-corrected chi connectivity index (χ3v) is 3.34. The molecule has 0 atom stereocenters. The Balaban J connectivity index is 2.20. The zero-order valence-corrected chi connectivity index (χ0v) is 13.5. The van der Waals surface area contributed by atoms with Crippen molar-refractivity contribution in [1.29, 1.82) is 0 Å². The maximum atomic E-state index is 11.7. The molecule has 1 aliphatic carbocycles. The lowest BCUT2D eigenvalue weighted by Gasteiger charge is -2.29. The van der Waals surface area contributed by atoms with E-state index >= 15 is 0 Å². The van der Waals surface area contributed by atoms with Gasteiger partial charge in [0.2, 0.25) is 0 Å². The van der Waals surface area contributed by atoms with E-state index in [0.29, 0.717) is 19.1 Å². The Labute approximate surface area is 126 Å². The molecule has 0 saturated heterocycles. The van der Waals surface area contributed by atoms with Gasteiger partial charge >= 0.3 is 12.2 Å². The summed E-state index contributed by atoms with van der Waals surface area (Å²) in [7, 11) is 0. The van der Waals surface area contributed by atoms with E-state index < -0.39 is 5.60 Å². The van der Waals surface area contributed by atoms with Gasteiger partial charge in [0.25, 0.3) is 0 Å². The Kier molecular flexibility index (Phi) is 6.78. The van der Waals surface area contributed by atoms with E-state index in [4.69, 9.17) is 9.47 Å². The average molecular weight is 300 g/mol. The number of hydrogen-bond acceptors (Lipinski definition) is 4. The van der Waals surface area contributed by atoms with E-state index in [0.717, 1.165) is 25.7 Å². The third-order valence-electron chi connectivity index (χ3n) is 3.34. The van der Waals surface area contributed by atoms with E-state index in [2.05, 4.69) is 10.6 Å². The molecule has 21 heavy (non-hydrogen) atoms. The van der Waals surface area contributed by atoms with Gasteiger partial charge in [0.1, 0.15) is 5.60 Å². The molecule has 0 bridgehead atoms. The van der Waals surface area contributed by atoms with Gasteiger partial charge in [-0.3, -0.25) is 0 Å². The van der Waals surface area contributed by atoms with Crippen LogP contribution in [-0.4, -0.2) is 37.0 Å². The van der Waals surface area contributed by atoms with Gasteiger partial charge in [-0.15, -0.1) is 0 Å². The van der Waals surface area contributed by atoms with Crippen LogP contribution in [0.25, 0.3) is 0 Å². The molecule has 1 saturated carbocycles. The average Bonchev–Trinajstić information content (AvgIpc) is 2.36. The van der Waals surface area contributed by atoms with Crippen LogP contribution in [0, 0.1) is 5.92 Å². The fourth-order valence-electron chi connectivity index (χ4n) is 2.34. The molecule has 0 aliphatic heterocycles. The van der Waals surface area contributed by atoms with Gasteiger partial charge in [-0.25, -0.2) is 9.59 Å². The second-order valence-electron chi connectivity index (χ2n) is 6.49. The Morgan fingerprint density at radius 1 is 1.10 bits per heavy atom. The standard InChI is InChI=1S/C15H28N2O4/c1-5-16-13(18)20-10-11-6-8-12(9-7-11)17-14(19)21-15(2,3)4/h11-12H,5-10H2,1-4H3,(H,16,18)(H,17,19). The predicted molar refractivity (Wildman–Crippen MR) is 80.1 cm³/mol. The van der Waals surface area contributed by atoms with E-state index in [1.165, 1.54) is 0 Å². The summed E-state index contributed by atoms with van der Waals surface area (Å²) < 4.78 is 10.4. The zero-order chi connectivity index (χ0) is 15.9. The molecule has 0 aromatic rings. The minimum atomic E-state index is -0.470. The van der Waals surface area contributed by atoms with E-state index in [-0.39, 0.29) is 18.2 Å². The fraction of sp³-hybridized carbons (Fsp3) is 0.867. The number of amides is 2. The molecule has 0 spiro atoms. The van der Waals surface area contributed by atoms with Gasteiger partial charge in [-0.1, -0.05) is 0 Å². The van der Waals surface area contributed by atoms with Crippen molar-refractivity contribution >= 4 is 12.2 Å². The van der Waals surface area contributed by atoms with Gasteiger partial charge in [-0.2, -0.15) is 0 Å². The van der Waals surface area contributed by atoms with Crippen LogP contribution in [0.15, 0.2) is 0 Å². The first-order chi connectivity index (χ1) is 9.80. The number of nitrogens with one attached hydrogen (secondary N) is 2. The normalized spacial score (nSPS) is 22.3. The van der Waals surface area contributed by atoms with E-state index in [9.17, 15) is 9.59 Å². The molecule has 2 N–H and O–H groups in total. The largest absolute Gasteiger partial charge is 0.449 e. The van der Waals surface area contributed by atoms with Crippen LogP contribution >= 0.6 is 0 Å². The summed E-state index contributed by atoms with van der Waals surface area (Å²) in [4.78, 5) is 22.9. The number of carbonyl (C=O) groups excluding carboxylic acids is 2. The Hall–Kier alpha value is -1.46. The third kappa shape index (κ3) is 7.78. The second-order valence-corrected chi connectivity index (χ2v) is 6.49. The molecule has 1 aliphatic rings. The molecule has 1 fully saturated rings. The first-order valence-electron chi connectivity index (χ1n) is 7.70. The van der Waals surface area contributed by atoms with Crippen molar-refractivity contribution in [2.75, 3.05) is 13.2 Å². The number of ether oxygens (including phenoxy) is 2. The SMILES string of the molecule is CCNC(=O)OCC1CCC(NC(=O)OC(C)(C)C)CC1. The van der Waals surface area contributed by atoms with Crippen molar-refractivity contribution in [2.24, 2.45) is 5.92 Å². The summed E-state index contributed by atoms with van der Waals surface area (Å²) in [5.74, 6) is 0.379. The number of rotatable bonds is 4. The molecule has 122 valence electrons. The van der Waals surface area contributed by atoms with Crippen LogP contribution in [0.1, 0.15) is 53.4 Å². The highest BCUT2D eigenvalue weighted by molar-refractivity contribution is 5.68. The smallest absolute Gasteiger partial charge is 0.407 e. The quantitative estimate of drug-likeness (QED) is 0.837. The highest BCUT2D eigenvalue weighted by atomic mass is 16.6. The Morgan fingerprint density at radius 2 is 1.71 bits per heavy atom. The van der Waals surface area contributed by atoms with Crippen molar-refractivity contribution < 1.29 is 19.1 Å². The monoisotopic (exact) mass is 300 g/mol. The Morgan fingerprint density at radius 3 is 2.24 bits per heavy atom. The van der Waals surface area contributed by atoms with Gasteiger partial charge in [-0.05, 0) is 59.3 Å². The van der Waals surface area contributed by atoms with Gasteiger partial charge in [0.15, 0.2) is 0 Å². The lowest BCUT2D eigenvalue weighted by molar-refractivity contribution is 0.0480. The van der Waals surface area contributed by atoms with Crippen LogP contribution in [0.4, 0.5) is 9.59 Å². The van der Waals surface area contributed by atoms with Crippen molar-refractivity contribution in [3.63, 3.8) is 0 Å². The summed E-state index contributed by atoms with van der Waals surface area (Å²) in [6, 6.07) is 0.153. The summed E-state index contributed by atoms with van der Waals surface area (Å²) in [5.41, 5.74) is -0.470. The van der Waals surface area contributed by atoms with E-state index in [1.807, 2.05) is 27.7 Å². The Bertz CT molecular complexity index is 344. The molecule has 0 radical (unpaired) electrons. The fourth-order valence-corrected chi connectivity index (χ4v) is 2.34. The highest BCUT2D eigenvalue weighted by Crippen LogP contribution is 2.24. The molecule has 0 aromatic carbocycles. The van der Waals surface area contributed by atoms with Crippen molar-refractivity contribution in [3.05, 3.63) is 0 Å². The molecule has 6 heteroatoms. The summed E-state index contributed by atoms with van der Waals surface area (Å²) in [5, 5.41) is 5.51. The highest BCUT2D eigenvalue weighted by Gasteiger charge is 2.25. The summed E-state index contributed by atoms with van der Waals surface area (Å²) >= 11 is 0. The zero-order valence-electron chi connectivity index (χ0n) is 13.5. The molecular weight excluding hydrogens is 272 g/mol. The van der Waals surface area contributed by atoms with Gasteiger partial charge < -0.3 is 20.1 Å². The molecule has 2 amide bonds. The number of hydrogen-bond donors (Lipinski definition) is 2. The first-order valence-corrected chi connectivity index (χ1v) is 7.70. The summed E-state index contributed by atoms with van der Waals surface area (Å²) in [6.07, 6.45) is 2.96. The van der Waals surface area contributed by atoms with Crippen LogP contribution in [0.2, 0.25) is 0 Å². The molecule has 0 heterocycles. The second kappa shape index (κ2) is 8.10. The summed E-state index contributed by atoms with van der Waals surface area (Å²) in [6.45, 7) is 8.43. The van der Waals surface area contributed by atoms with Crippen molar-refractivity contribution in [2.45, 2.75) is 65.0 Å². The van der Waals surface area contributed by atoms with Gasteiger partial charge in [0.05, 0.1) is 6.61 Å². The lowest BCUT2D eigenvalue weighted by atomic mass is 9.86. The maximum Gasteiger partial charge on any atom is 0.407 e. The van der Waals surface area contributed by atoms with E-state index in [1.54, 1.807) is 0 Å². The topological polar surface area (TPSA) is 76.7 Å². The van der Waals surface area contributed by atoms with Crippen LogP contribution in [0.3, 0.4) is 0 Å². The van der Waals surface area contributed by atoms with Crippen molar-refractivity contribution in [1.82, 2.24) is 10.6 Å². The number of alkyl carbamates (subject to hydrolysis) is 2. The van der Waals surface area contributed by atoms with Crippen LogP contribution < -0.4 is 10.6 Å². The molecular formula is C15H28N2O4. The minimum absolute atomic E-state index is 0.153. The molecule has 0 unspecified atom stereocenters. The molecule has 0 aromatic heterocycles. The lowest BCUT2D eigenvalue weighted by Crippen LogP contribution is -2.41. The predicted octanol–water partition coefficient (Wildman–Crippen LogP) is 2.82. The van der Waals surface area contributed by atoms with Crippen LogP contribution in [-0.2, 0) is 9.47 Å². The molecule has 1 rings (SSSR count). The maximum absolute atomic E-state index is 11.7. The first kappa shape index (κ1) is 17.6. The van der Waals surface area contributed by atoms with Crippen molar-refractivity contribution in [3.8, 4) is 0 Å². The number of carbonyl (C=O) groups is 2.